The molecular formula is C18H16F2N6O2. The quantitative estimate of drug-likeness (QED) is 0.595. The van der Waals surface area contributed by atoms with Crippen LogP contribution in [0.3, 0.4) is 0 Å². The van der Waals surface area contributed by atoms with E-state index in [4.69, 9.17) is 5.73 Å². The number of nitrogens with zero attached hydrogens (tertiary/aromatic N) is 3. The average Bonchev–Trinajstić information content (AvgIpc) is 3.29. The number of pyridine rings is 1. The minimum Gasteiger partial charge on any atom is -0.361 e. The first kappa shape index (κ1) is 17.8. The minimum atomic E-state index is -1.12. The molecular weight excluding hydrogens is 370 g/mol. The average molecular weight is 386 g/mol. The Balaban J connectivity index is 1.72. The van der Waals surface area contributed by atoms with Gasteiger partial charge in [0.05, 0.1) is 23.3 Å². The van der Waals surface area contributed by atoms with Crippen LogP contribution in [0.5, 0.6) is 0 Å². The molecule has 1 saturated heterocycles. The molecule has 1 aliphatic rings. The van der Waals surface area contributed by atoms with Crippen molar-refractivity contribution >= 4 is 34.4 Å². The maximum Gasteiger partial charge on any atom is 0.313 e. The number of aromatic nitrogens is 3. The zero-order valence-electron chi connectivity index (χ0n) is 14.6. The molecule has 1 atom stereocenters. The van der Waals surface area contributed by atoms with E-state index in [1.165, 1.54) is 12.3 Å². The van der Waals surface area contributed by atoms with Crippen LogP contribution in [0.25, 0.3) is 11.0 Å². The van der Waals surface area contributed by atoms with Crippen molar-refractivity contribution in [2.45, 2.75) is 18.9 Å². The summed E-state index contributed by atoms with van der Waals surface area (Å²) in [6.07, 6.45) is 2.78. The van der Waals surface area contributed by atoms with Crippen LogP contribution in [0.1, 0.15) is 24.4 Å². The molecule has 0 bridgehead atoms. The van der Waals surface area contributed by atoms with E-state index >= 15 is 0 Å². The highest BCUT2D eigenvalue weighted by atomic mass is 19.1. The Morgan fingerprint density at radius 1 is 1.29 bits per heavy atom. The second-order valence-electron chi connectivity index (χ2n) is 6.50. The van der Waals surface area contributed by atoms with Crippen LogP contribution < -0.4 is 16.0 Å². The van der Waals surface area contributed by atoms with Gasteiger partial charge in [0.2, 0.25) is 0 Å². The maximum absolute atomic E-state index is 14.3. The molecule has 1 aromatic carbocycles. The lowest BCUT2D eigenvalue weighted by atomic mass is 10.0. The normalized spacial score (nSPS) is 16.5. The summed E-state index contributed by atoms with van der Waals surface area (Å²) in [5.41, 5.74) is 5.94. The Kier molecular flexibility index (Phi) is 4.38. The minimum absolute atomic E-state index is 0.264. The molecule has 1 aliphatic heterocycles. The number of primary amides is 1. The van der Waals surface area contributed by atoms with E-state index < -0.39 is 23.4 Å². The predicted molar refractivity (Wildman–Crippen MR) is 97.4 cm³/mol. The molecule has 0 unspecified atom stereocenters. The predicted octanol–water partition coefficient (Wildman–Crippen LogP) is 2.00. The van der Waals surface area contributed by atoms with Crippen molar-refractivity contribution in [1.29, 1.82) is 0 Å². The number of H-pyrrole nitrogens is 1. The van der Waals surface area contributed by atoms with Gasteiger partial charge >= 0.3 is 11.8 Å². The first-order valence-corrected chi connectivity index (χ1v) is 8.60. The number of fused-ring (bicyclic) bond motifs is 1. The first-order chi connectivity index (χ1) is 13.4. The summed E-state index contributed by atoms with van der Waals surface area (Å²) in [7, 11) is 0. The molecule has 4 rings (SSSR count). The lowest BCUT2D eigenvalue weighted by molar-refractivity contribution is -0.134. The zero-order valence-corrected chi connectivity index (χ0v) is 14.6. The lowest BCUT2D eigenvalue weighted by Crippen LogP contribution is -2.29. The fourth-order valence-corrected chi connectivity index (χ4v) is 3.48. The molecule has 1 fully saturated rings. The molecule has 3 aromatic rings. The number of rotatable bonds is 3. The number of anilines is 2. The summed E-state index contributed by atoms with van der Waals surface area (Å²) in [6, 6.07) is 4.61. The largest absolute Gasteiger partial charge is 0.361 e. The van der Waals surface area contributed by atoms with Gasteiger partial charge in [-0.3, -0.25) is 14.7 Å². The number of nitrogens with two attached hydrogens (primary N) is 1. The number of aromatic amines is 1. The molecule has 2 aromatic heterocycles. The molecule has 2 amide bonds. The third-order valence-corrected chi connectivity index (χ3v) is 4.72. The summed E-state index contributed by atoms with van der Waals surface area (Å²) in [6.45, 7) is 0.596. The van der Waals surface area contributed by atoms with Gasteiger partial charge in [-0.25, -0.2) is 13.8 Å². The Hall–Kier alpha value is -3.56. The standard InChI is InChI=1S/C18H16F2N6O2/c19-9-3-4-13(20)11(6-9)14-2-1-5-26(14)17-12-7-10(23-18(28)15(21)27)8-22-16(12)24-25-17/h3-4,6-8,14H,1-2,5H2,(H2,21,27)(H,23,28)(H,22,24,25)/t14-/m1/s1. The topological polar surface area (TPSA) is 117 Å². The number of hydrogen-bond acceptors (Lipinski definition) is 5. The van der Waals surface area contributed by atoms with Crippen LogP contribution in [-0.4, -0.2) is 33.5 Å². The van der Waals surface area contributed by atoms with Crippen molar-refractivity contribution in [2.75, 3.05) is 16.8 Å². The van der Waals surface area contributed by atoms with Crippen molar-refractivity contribution in [2.24, 2.45) is 5.73 Å². The fourth-order valence-electron chi connectivity index (χ4n) is 3.48. The molecule has 10 heteroatoms. The Morgan fingerprint density at radius 2 is 2.11 bits per heavy atom. The zero-order chi connectivity index (χ0) is 19.8. The Bertz CT molecular complexity index is 1080. The van der Waals surface area contributed by atoms with Crippen molar-refractivity contribution in [1.82, 2.24) is 15.2 Å². The van der Waals surface area contributed by atoms with Crippen molar-refractivity contribution < 1.29 is 18.4 Å². The van der Waals surface area contributed by atoms with Gasteiger partial charge in [-0.15, -0.1) is 0 Å². The van der Waals surface area contributed by atoms with Gasteiger partial charge < -0.3 is 16.0 Å². The van der Waals surface area contributed by atoms with Crippen molar-refractivity contribution in [3.05, 3.63) is 47.7 Å². The molecule has 0 aliphatic carbocycles. The molecule has 0 radical (unpaired) electrons. The number of amides is 2. The number of benzene rings is 1. The van der Waals surface area contributed by atoms with Crippen LogP contribution in [0, 0.1) is 11.6 Å². The monoisotopic (exact) mass is 386 g/mol. The van der Waals surface area contributed by atoms with E-state index in [-0.39, 0.29) is 17.3 Å². The second-order valence-corrected chi connectivity index (χ2v) is 6.50. The van der Waals surface area contributed by atoms with Crippen LogP contribution in [0.4, 0.5) is 20.3 Å². The van der Waals surface area contributed by atoms with E-state index in [1.54, 1.807) is 6.07 Å². The van der Waals surface area contributed by atoms with E-state index in [9.17, 15) is 18.4 Å². The molecule has 4 N–H and O–H groups in total. The number of hydrogen-bond donors (Lipinski definition) is 3. The van der Waals surface area contributed by atoms with Gasteiger partial charge in [-0.1, -0.05) is 0 Å². The summed E-state index contributed by atoms with van der Waals surface area (Å²) in [4.78, 5) is 28.5. The highest BCUT2D eigenvalue weighted by molar-refractivity contribution is 6.39. The third kappa shape index (κ3) is 3.13. The fraction of sp³-hybridized carbons (Fsp3) is 0.222. The Morgan fingerprint density at radius 3 is 2.89 bits per heavy atom. The molecule has 3 heterocycles. The van der Waals surface area contributed by atoms with Gasteiger partial charge in [0, 0.05) is 12.1 Å². The van der Waals surface area contributed by atoms with Gasteiger partial charge in [0.25, 0.3) is 0 Å². The van der Waals surface area contributed by atoms with Crippen LogP contribution in [-0.2, 0) is 9.59 Å². The summed E-state index contributed by atoms with van der Waals surface area (Å²) >= 11 is 0. The molecule has 8 nitrogen and oxygen atoms in total. The van der Waals surface area contributed by atoms with Crippen LogP contribution in [0.2, 0.25) is 0 Å². The van der Waals surface area contributed by atoms with Gasteiger partial charge in [0.1, 0.15) is 11.6 Å². The van der Waals surface area contributed by atoms with Gasteiger partial charge in [-0.2, -0.15) is 5.10 Å². The smallest absolute Gasteiger partial charge is 0.313 e. The van der Waals surface area contributed by atoms with Crippen molar-refractivity contribution in [3.63, 3.8) is 0 Å². The van der Waals surface area contributed by atoms with Crippen LogP contribution >= 0.6 is 0 Å². The van der Waals surface area contributed by atoms with E-state index in [0.717, 1.165) is 18.6 Å². The maximum atomic E-state index is 14.3. The van der Waals surface area contributed by atoms with E-state index in [1.807, 2.05) is 4.90 Å². The van der Waals surface area contributed by atoms with E-state index in [0.29, 0.717) is 29.8 Å². The van der Waals surface area contributed by atoms with Crippen LogP contribution in [0.15, 0.2) is 30.5 Å². The summed E-state index contributed by atoms with van der Waals surface area (Å²) in [5, 5.41) is 10.00. The van der Waals surface area contributed by atoms with Crippen molar-refractivity contribution in [3.8, 4) is 0 Å². The molecule has 144 valence electrons. The SMILES string of the molecule is NC(=O)C(=O)Nc1cnc2[nH]nc(N3CCC[C@@H]3c3cc(F)ccc3F)c2c1. The third-order valence-electron chi connectivity index (χ3n) is 4.72. The Labute approximate surface area is 157 Å². The highest BCUT2D eigenvalue weighted by Crippen LogP contribution is 2.39. The highest BCUT2D eigenvalue weighted by Gasteiger charge is 2.31. The lowest BCUT2D eigenvalue weighted by Gasteiger charge is -2.25. The second kappa shape index (κ2) is 6.87. The summed E-state index contributed by atoms with van der Waals surface area (Å²) < 4.78 is 28.0. The number of halogens is 2. The van der Waals surface area contributed by atoms with E-state index in [2.05, 4.69) is 20.5 Å². The number of carbonyl (C=O) groups excluding carboxylic acids is 2. The molecule has 0 spiro atoms. The van der Waals surface area contributed by atoms with Gasteiger partial charge in [-0.05, 0) is 37.1 Å². The first-order valence-electron chi connectivity index (χ1n) is 8.60. The molecule has 0 saturated carbocycles. The van der Waals surface area contributed by atoms with Gasteiger partial charge in [0.15, 0.2) is 11.5 Å². The summed E-state index contributed by atoms with van der Waals surface area (Å²) in [5.74, 6) is -2.57. The number of nitrogens with one attached hydrogen (secondary N) is 2. The number of carbonyl (C=O) groups is 2. The molecule has 28 heavy (non-hydrogen) atoms.